The van der Waals surface area contributed by atoms with Crippen LogP contribution in [0.25, 0.3) is 22.2 Å². The Bertz CT molecular complexity index is 1330. The summed E-state index contributed by atoms with van der Waals surface area (Å²) in [6.07, 6.45) is 3.17. The van der Waals surface area contributed by atoms with Crippen molar-refractivity contribution in [3.8, 4) is 11.3 Å². The summed E-state index contributed by atoms with van der Waals surface area (Å²) in [5, 5.41) is 8.65. The average molecular weight is 465 g/mol. The molecule has 3 heterocycles. The highest BCUT2D eigenvalue weighted by molar-refractivity contribution is 6.09. The molecule has 1 aliphatic heterocycles. The van der Waals surface area contributed by atoms with Crippen molar-refractivity contribution in [3.63, 3.8) is 0 Å². The average Bonchev–Trinajstić information content (AvgIpc) is 3.45. The minimum absolute atomic E-state index is 0.0182. The minimum atomic E-state index is -2.47. The summed E-state index contributed by atoms with van der Waals surface area (Å²) in [7, 11) is 1.86. The molecule has 5 rings (SSSR count). The number of rotatable bonds is 6. The van der Waals surface area contributed by atoms with Gasteiger partial charge in [0.25, 0.3) is 12.3 Å². The predicted octanol–water partition coefficient (Wildman–Crippen LogP) is 4.69. The summed E-state index contributed by atoms with van der Waals surface area (Å²) in [4.78, 5) is 17.7. The van der Waals surface area contributed by atoms with Crippen molar-refractivity contribution >= 4 is 28.2 Å². The van der Waals surface area contributed by atoms with Crippen LogP contribution in [0, 0.1) is 0 Å². The van der Waals surface area contributed by atoms with E-state index in [2.05, 4.69) is 20.3 Å². The van der Waals surface area contributed by atoms with Gasteiger partial charge in [-0.2, -0.15) is 5.10 Å². The van der Waals surface area contributed by atoms with Crippen molar-refractivity contribution in [2.24, 2.45) is 12.8 Å². The largest absolute Gasteiger partial charge is 0.381 e. The van der Waals surface area contributed by atoms with Crippen molar-refractivity contribution in [3.05, 3.63) is 66.0 Å². The van der Waals surface area contributed by atoms with E-state index in [1.807, 2.05) is 25.4 Å². The van der Waals surface area contributed by atoms with Gasteiger partial charge in [0.1, 0.15) is 0 Å². The Labute approximate surface area is 195 Å². The number of nitrogens with zero attached hydrogens (tertiary/aromatic N) is 3. The van der Waals surface area contributed by atoms with E-state index in [-0.39, 0.29) is 11.6 Å². The normalized spacial score (nSPS) is 16.4. The van der Waals surface area contributed by atoms with Crippen LogP contribution in [0.2, 0.25) is 0 Å². The van der Waals surface area contributed by atoms with Gasteiger partial charge in [-0.05, 0) is 43.2 Å². The summed E-state index contributed by atoms with van der Waals surface area (Å²) in [5.41, 5.74) is 10.5. The monoisotopic (exact) mass is 464 g/mol. The number of carbonyl (C=O) groups excluding carboxylic acids is 1. The van der Waals surface area contributed by atoms with Crippen LogP contribution in [0.3, 0.4) is 0 Å². The van der Waals surface area contributed by atoms with Crippen LogP contribution in [0.4, 0.5) is 20.2 Å². The number of halogens is 2. The Kier molecular flexibility index (Phi) is 5.69. The molecule has 9 heteroatoms. The summed E-state index contributed by atoms with van der Waals surface area (Å²) < 4.78 is 27.4. The highest BCUT2D eigenvalue weighted by atomic mass is 19.3. The Morgan fingerprint density at radius 3 is 2.71 bits per heavy atom. The summed E-state index contributed by atoms with van der Waals surface area (Å²) in [5.74, 6) is -0.485. The van der Waals surface area contributed by atoms with Gasteiger partial charge >= 0.3 is 0 Å². The molecule has 0 unspecified atom stereocenters. The second kappa shape index (κ2) is 8.81. The number of hydrogen-bond acceptors (Lipinski definition) is 4. The number of carbonyl (C=O) groups is 1. The molecule has 4 aromatic rings. The first kappa shape index (κ1) is 21.9. The molecular formula is C25H26F2N6O. The first-order valence-corrected chi connectivity index (χ1v) is 11.2. The fourth-order valence-electron chi connectivity index (χ4n) is 4.68. The Morgan fingerprint density at radius 1 is 1.24 bits per heavy atom. The molecule has 2 aromatic carbocycles. The standard InChI is InChI=1S/C25H26F2N6O/c1-32-13-16(12-29-32)21-11-20-22(9-8-19(25(28)34)23(20)31-21)33-10-2-3-18(14-33)30-17-6-4-15(5-7-17)24(26)27/h4-9,11-13,18,24,30-31H,2-3,10,14H2,1H3,(H2,28,34)/t18-/m1/s1. The molecule has 0 aliphatic carbocycles. The SMILES string of the molecule is Cn1cc(-c2cc3c(N4CCC[C@@H](Nc5ccc(C(F)F)cc5)C4)ccc(C(N)=O)c3[nH]2)cn1. The van der Waals surface area contributed by atoms with Gasteiger partial charge in [-0.3, -0.25) is 9.48 Å². The molecule has 0 bridgehead atoms. The first-order chi connectivity index (χ1) is 16.4. The van der Waals surface area contributed by atoms with Crippen LogP contribution in [0.15, 0.2) is 54.9 Å². The Morgan fingerprint density at radius 2 is 2.03 bits per heavy atom. The zero-order chi connectivity index (χ0) is 23.8. The predicted molar refractivity (Wildman–Crippen MR) is 129 cm³/mol. The summed E-state index contributed by atoms with van der Waals surface area (Å²) in [6, 6.07) is 12.2. The number of nitrogens with one attached hydrogen (secondary N) is 2. The van der Waals surface area contributed by atoms with E-state index >= 15 is 0 Å². The molecule has 1 saturated heterocycles. The molecule has 34 heavy (non-hydrogen) atoms. The van der Waals surface area contributed by atoms with Crippen LogP contribution >= 0.6 is 0 Å². The van der Waals surface area contributed by atoms with Crippen LogP contribution < -0.4 is 16.0 Å². The maximum atomic E-state index is 12.9. The molecule has 1 aliphatic rings. The molecule has 7 nitrogen and oxygen atoms in total. The van der Waals surface area contributed by atoms with Gasteiger partial charge in [0.15, 0.2) is 0 Å². The van der Waals surface area contributed by atoms with E-state index < -0.39 is 12.3 Å². The molecule has 0 spiro atoms. The second-order valence-corrected chi connectivity index (χ2v) is 8.72. The quantitative estimate of drug-likeness (QED) is 0.386. The lowest BCUT2D eigenvalue weighted by Crippen LogP contribution is -2.42. The summed E-state index contributed by atoms with van der Waals surface area (Å²) >= 11 is 0. The minimum Gasteiger partial charge on any atom is -0.381 e. The van der Waals surface area contributed by atoms with Crippen molar-refractivity contribution in [2.45, 2.75) is 25.3 Å². The van der Waals surface area contributed by atoms with Gasteiger partial charge in [0.2, 0.25) is 0 Å². The molecule has 0 radical (unpaired) electrons. The van der Waals surface area contributed by atoms with Gasteiger partial charge in [-0.1, -0.05) is 12.1 Å². The van der Waals surface area contributed by atoms with Crippen molar-refractivity contribution in [2.75, 3.05) is 23.3 Å². The highest BCUT2D eigenvalue weighted by Gasteiger charge is 2.24. The molecule has 176 valence electrons. The molecule has 2 aromatic heterocycles. The Hall–Kier alpha value is -3.88. The third-order valence-corrected chi connectivity index (χ3v) is 6.35. The van der Waals surface area contributed by atoms with E-state index in [9.17, 15) is 13.6 Å². The number of aryl methyl sites for hydroxylation is 1. The molecular weight excluding hydrogens is 438 g/mol. The smallest absolute Gasteiger partial charge is 0.263 e. The first-order valence-electron chi connectivity index (χ1n) is 11.2. The molecule has 4 N–H and O–H groups in total. The number of anilines is 2. The second-order valence-electron chi connectivity index (χ2n) is 8.72. The van der Waals surface area contributed by atoms with E-state index in [0.717, 1.165) is 53.9 Å². The fraction of sp³-hybridized carbons (Fsp3) is 0.280. The van der Waals surface area contributed by atoms with E-state index in [0.29, 0.717) is 11.1 Å². The molecule has 0 saturated carbocycles. The summed E-state index contributed by atoms with van der Waals surface area (Å²) in [6.45, 7) is 1.62. The number of H-pyrrole nitrogens is 1. The van der Waals surface area contributed by atoms with Gasteiger partial charge in [-0.15, -0.1) is 0 Å². The van der Waals surface area contributed by atoms with Crippen LogP contribution in [0.1, 0.15) is 35.2 Å². The number of alkyl halides is 2. The van der Waals surface area contributed by atoms with Crippen LogP contribution in [-0.2, 0) is 7.05 Å². The van der Waals surface area contributed by atoms with Gasteiger partial charge < -0.3 is 20.9 Å². The molecule has 1 amide bonds. The Balaban J connectivity index is 1.44. The lowest BCUT2D eigenvalue weighted by atomic mass is 10.0. The van der Waals surface area contributed by atoms with Crippen LogP contribution in [0.5, 0.6) is 0 Å². The number of nitrogens with two attached hydrogens (primary N) is 1. The van der Waals surface area contributed by atoms with E-state index in [1.54, 1.807) is 29.1 Å². The number of hydrogen-bond donors (Lipinski definition) is 3. The van der Waals surface area contributed by atoms with E-state index in [1.165, 1.54) is 12.1 Å². The number of piperidine rings is 1. The lowest BCUT2D eigenvalue weighted by Gasteiger charge is -2.35. The van der Waals surface area contributed by atoms with Gasteiger partial charge in [-0.25, -0.2) is 8.78 Å². The van der Waals surface area contributed by atoms with Crippen LogP contribution in [-0.4, -0.2) is 39.8 Å². The maximum absolute atomic E-state index is 12.9. The lowest BCUT2D eigenvalue weighted by molar-refractivity contribution is 0.100. The van der Waals surface area contributed by atoms with Gasteiger partial charge in [0, 0.05) is 66.0 Å². The third kappa shape index (κ3) is 4.21. The number of aromatic nitrogens is 3. The van der Waals surface area contributed by atoms with E-state index in [4.69, 9.17) is 5.73 Å². The fourth-order valence-corrected chi connectivity index (χ4v) is 4.68. The maximum Gasteiger partial charge on any atom is 0.263 e. The number of aromatic amines is 1. The van der Waals surface area contributed by atoms with Crippen molar-refractivity contribution in [1.29, 1.82) is 0 Å². The zero-order valence-electron chi connectivity index (χ0n) is 18.8. The number of amides is 1. The third-order valence-electron chi connectivity index (χ3n) is 6.35. The molecule has 1 fully saturated rings. The number of fused-ring (bicyclic) bond motifs is 1. The topological polar surface area (TPSA) is 92.0 Å². The van der Waals surface area contributed by atoms with Crippen molar-refractivity contribution < 1.29 is 13.6 Å². The number of benzene rings is 2. The van der Waals surface area contributed by atoms with Crippen molar-refractivity contribution in [1.82, 2.24) is 14.8 Å². The van der Waals surface area contributed by atoms with Gasteiger partial charge in [0.05, 0.1) is 17.3 Å². The number of primary amides is 1. The zero-order valence-corrected chi connectivity index (χ0v) is 18.8. The molecule has 1 atom stereocenters. The highest BCUT2D eigenvalue weighted by Crippen LogP contribution is 2.35.